The number of fused-ring (bicyclic) bond motifs is 1. The zero-order valence-electron chi connectivity index (χ0n) is 11.4. The van der Waals surface area contributed by atoms with Gasteiger partial charge in [-0.3, -0.25) is 0 Å². The highest BCUT2D eigenvalue weighted by molar-refractivity contribution is 5.44. The lowest BCUT2D eigenvalue weighted by Crippen LogP contribution is -3.14. The molecule has 0 saturated heterocycles. The fourth-order valence-electron chi connectivity index (χ4n) is 2.25. The molecular formula is C14H24N2O2+2. The molecule has 4 heteroatoms. The van der Waals surface area contributed by atoms with E-state index in [-0.39, 0.29) is 0 Å². The fraction of sp³-hybridized carbons (Fsp3) is 0.571. The third-order valence-electron chi connectivity index (χ3n) is 3.52. The average molecular weight is 252 g/mol. The van der Waals surface area contributed by atoms with Crippen molar-refractivity contribution in [2.24, 2.45) is 0 Å². The topological polar surface area (TPSA) is 39.5 Å². The smallest absolute Gasteiger partial charge is 0.231 e. The van der Waals surface area contributed by atoms with Gasteiger partial charge in [0.15, 0.2) is 11.5 Å². The molecule has 0 aromatic heterocycles. The molecule has 0 unspecified atom stereocenters. The summed E-state index contributed by atoms with van der Waals surface area (Å²) in [7, 11) is 0. The van der Waals surface area contributed by atoms with Gasteiger partial charge in [0.05, 0.1) is 13.1 Å². The zero-order chi connectivity index (χ0) is 12.8. The first kappa shape index (κ1) is 13.2. The molecule has 3 N–H and O–H groups in total. The summed E-state index contributed by atoms with van der Waals surface area (Å²) in [5.74, 6) is 1.75. The normalized spacial score (nSPS) is 13.3. The quantitative estimate of drug-likeness (QED) is 0.636. The fourth-order valence-corrected chi connectivity index (χ4v) is 2.25. The van der Waals surface area contributed by atoms with Crippen LogP contribution in [0.3, 0.4) is 0 Å². The van der Waals surface area contributed by atoms with Gasteiger partial charge in [-0.15, -0.1) is 0 Å². The van der Waals surface area contributed by atoms with Crippen LogP contribution in [-0.2, 0) is 6.54 Å². The van der Waals surface area contributed by atoms with Gasteiger partial charge in [-0.2, -0.15) is 0 Å². The number of nitrogens with two attached hydrogens (primary N) is 1. The second-order valence-corrected chi connectivity index (χ2v) is 4.68. The van der Waals surface area contributed by atoms with Crippen LogP contribution in [-0.4, -0.2) is 33.0 Å². The number of likely N-dealkylation sites (N-methyl/N-ethyl adjacent to an activating group) is 1. The summed E-state index contributed by atoms with van der Waals surface area (Å²) in [5.41, 5.74) is 1.30. The van der Waals surface area contributed by atoms with Crippen molar-refractivity contribution in [2.45, 2.75) is 20.4 Å². The van der Waals surface area contributed by atoms with Crippen LogP contribution < -0.4 is 19.7 Å². The first-order chi connectivity index (χ1) is 8.83. The van der Waals surface area contributed by atoms with Crippen molar-refractivity contribution in [1.82, 2.24) is 0 Å². The number of nitrogens with one attached hydrogen (secondary N) is 1. The summed E-state index contributed by atoms with van der Waals surface area (Å²) in [6.07, 6.45) is 0. The SMILES string of the molecule is CC[NH+](CC)CC[NH2+]Cc1ccc2c(c1)OCO2. The number of ether oxygens (including phenoxy) is 2. The van der Waals surface area contributed by atoms with Gasteiger partial charge in [0, 0.05) is 5.56 Å². The number of quaternary nitrogens is 2. The molecule has 100 valence electrons. The van der Waals surface area contributed by atoms with E-state index in [9.17, 15) is 0 Å². The predicted molar refractivity (Wildman–Crippen MR) is 70.0 cm³/mol. The monoisotopic (exact) mass is 252 g/mol. The first-order valence-electron chi connectivity index (χ1n) is 6.87. The molecule has 0 saturated carbocycles. The van der Waals surface area contributed by atoms with Crippen molar-refractivity contribution >= 4 is 0 Å². The van der Waals surface area contributed by atoms with E-state index in [1.54, 1.807) is 4.90 Å². The second-order valence-electron chi connectivity index (χ2n) is 4.68. The number of hydrogen-bond acceptors (Lipinski definition) is 2. The highest BCUT2D eigenvalue weighted by atomic mass is 16.7. The summed E-state index contributed by atoms with van der Waals surface area (Å²) >= 11 is 0. The van der Waals surface area contributed by atoms with Crippen molar-refractivity contribution in [3.63, 3.8) is 0 Å². The van der Waals surface area contributed by atoms with Crippen LogP contribution in [0.1, 0.15) is 19.4 Å². The average Bonchev–Trinajstić information content (AvgIpc) is 2.86. The summed E-state index contributed by atoms with van der Waals surface area (Å²) < 4.78 is 10.7. The molecule has 4 nitrogen and oxygen atoms in total. The van der Waals surface area contributed by atoms with E-state index < -0.39 is 0 Å². The molecule has 0 atom stereocenters. The lowest BCUT2D eigenvalue weighted by molar-refractivity contribution is -0.910. The van der Waals surface area contributed by atoms with Crippen LogP contribution in [0, 0.1) is 0 Å². The Hall–Kier alpha value is -1.26. The van der Waals surface area contributed by atoms with E-state index in [1.165, 1.54) is 31.7 Å². The van der Waals surface area contributed by atoms with Crippen molar-refractivity contribution < 1.29 is 19.7 Å². The van der Waals surface area contributed by atoms with Gasteiger partial charge in [-0.05, 0) is 32.0 Å². The van der Waals surface area contributed by atoms with Gasteiger partial charge < -0.3 is 19.7 Å². The number of hydrogen-bond donors (Lipinski definition) is 2. The van der Waals surface area contributed by atoms with E-state index in [4.69, 9.17) is 9.47 Å². The Balaban J connectivity index is 1.74. The second kappa shape index (κ2) is 6.61. The molecule has 1 aliphatic rings. The van der Waals surface area contributed by atoms with Crippen molar-refractivity contribution in [2.75, 3.05) is 33.0 Å². The minimum Gasteiger partial charge on any atom is -0.454 e. The van der Waals surface area contributed by atoms with Crippen LogP contribution >= 0.6 is 0 Å². The Morgan fingerprint density at radius 2 is 1.94 bits per heavy atom. The van der Waals surface area contributed by atoms with Crippen molar-refractivity contribution in [3.8, 4) is 11.5 Å². The standard InChI is InChI=1S/C14H22N2O2/c1-3-16(4-2)8-7-15-10-12-5-6-13-14(9-12)18-11-17-13/h5-6,9,15H,3-4,7-8,10-11H2,1-2H3/p+2. The highest BCUT2D eigenvalue weighted by Gasteiger charge is 2.13. The maximum Gasteiger partial charge on any atom is 0.231 e. The molecule has 0 radical (unpaired) electrons. The van der Waals surface area contributed by atoms with Crippen LogP contribution in [0.2, 0.25) is 0 Å². The third-order valence-corrected chi connectivity index (χ3v) is 3.52. The molecule has 0 fully saturated rings. The van der Waals surface area contributed by atoms with Crippen LogP contribution in [0.5, 0.6) is 11.5 Å². The minimum absolute atomic E-state index is 0.355. The van der Waals surface area contributed by atoms with Gasteiger partial charge in [0.1, 0.15) is 19.6 Å². The molecule has 1 aromatic carbocycles. The van der Waals surface area contributed by atoms with Crippen molar-refractivity contribution in [1.29, 1.82) is 0 Å². The van der Waals surface area contributed by atoms with Crippen LogP contribution in [0.15, 0.2) is 18.2 Å². The molecule has 1 aliphatic heterocycles. The van der Waals surface area contributed by atoms with Gasteiger partial charge >= 0.3 is 0 Å². The Kier molecular flexibility index (Phi) is 4.84. The molecule has 0 amide bonds. The minimum atomic E-state index is 0.355. The Morgan fingerprint density at radius 1 is 1.17 bits per heavy atom. The molecule has 0 spiro atoms. The van der Waals surface area contributed by atoms with Crippen LogP contribution in [0.4, 0.5) is 0 Å². The molecule has 2 rings (SSSR count). The van der Waals surface area contributed by atoms with Gasteiger partial charge in [-0.25, -0.2) is 0 Å². The molecule has 18 heavy (non-hydrogen) atoms. The maximum absolute atomic E-state index is 5.38. The van der Waals surface area contributed by atoms with E-state index in [0.717, 1.165) is 18.0 Å². The largest absolute Gasteiger partial charge is 0.454 e. The van der Waals surface area contributed by atoms with Crippen molar-refractivity contribution in [3.05, 3.63) is 23.8 Å². The number of benzene rings is 1. The summed E-state index contributed by atoms with van der Waals surface area (Å²) in [6.45, 7) is 10.7. The molecule has 0 bridgehead atoms. The maximum atomic E-state index is 5.38. The lowest BCUT2D eigenvalue weighted by atomic mass is 10.2. The third kappa shape index (κ3) is 3.37. The van der Waals surface area contributed by atoms with Gasteiger partial charge in [0.2, 0.25) is 6.79 Å². The van der Waals surface area contributed by atoms with E-state index in [2.05, 4.69) is 31.3 Å². The van der Waals surface area contributed by atoms with E-state index >= 15 is 0 Å². The number of rotatable bonds is 7. The Morgan fingerprint density at radius 3 is 2.72 bits per heavy atom. The lowest BCUT2D eigenvalue weighted by Gasteiger charge is -2.14. The predicted octanol–water partition coefficient (Wildman–Crippen LogP) is -0.597. The summed E-state index contributed by atoms with van der Waals surface area (Å²) in [6, 6.07) is 6.21. The van der Waals surface area contributed by atoms with Gasteiger partial charge in [-0.1, -0.05) is 0 Å². The first-order valence-corrected chi connectivity index (χ1v) is 6.87. The molecule has 1 heterocycles. The van der Waals surface area contributed by atoms with Gasteiger partial charge in [0.25, 0.3) is 0 Å². The molecule has 1 aromatic rings. The van der Waals surface area contributed by atoms with E-state index in [0.29, 0.717) is 6.79 Å². The molecule has 0 aliphatic carbocycles. The highest BCUT2D eigenvalue weighted by Crippen LogP contribution is 2.32. The Bertz CT molecular complexity index is 378. The van der Waals surface area contributed by atoms with Crippen LogP contribution in [0.25, 0.3) is 0 Å². The molecular weight excluding hydrogens is 228 g/mol. The zero-order valence-corrected chi connectivity index (χ0v) is 11.4. The summed E-state index contributed by atoms with van der Waals surface area (Å²) in [4.78, 5) is 1.66. The Labute approximate surface area is 109 Å². The van der Waals surface area contributed by atoms with E-state index in [1.807, 2.05) is 6.07 Å². The summed E-state index contributed by atoms with van der Waals surface area (Å²) in [5, 5.41) is 2.36.